The maximum Gasteiger partial charge on any atom is 0.221 e. The van der Waals surface area contributed by atoms with Gasteiger partial charge in [0.25, 0.3) is 0 Å². The molecule has 0 radical (unpaired) electrons. The van der Waals surface area contributed by atoms with E-state index in [1.807, 2.05) is 0 Å². The summed E-state index contributed by atoms with van der Waals surface area (Å²) in [5, 5.41) is 10.2. The molecular formula is C22H29N3O3. The van der Waals surface area contributed by atoms with Crippen molar-refractivity contribution in [2.75, 3.05) is 6.61 Å². The maximum absolute atomic E-state index is 11.9. The lowest BCUT2D eigenvalue weighted by Crippen LogP contribution is -2.26. The maximum atomic E-state index is 11.9. The van der Waals surface area contributed by atoms with E-state index in [0.717, 1.165) is 79.7 Å². The van der Waals surface area contributed by atoms with Crippen molar-refractivity contribution < 1.29 is 14.6 Å². The van der Waals surface area contributed by atoms with Gasteiger partial charge in [-0.25, -0.2) is 4.98 Å². The van der Waals surface area contributed by atoms with Crippen molar-refractivity contribution in [3.63, 3.8) is 0 Å². The third kappa shape index (κ3) is 3.28. The Kier molecular flexibility index (Phi) is 4.54. The molecular weight excluding hydrogens is 354 g/mol. The van der Waals surface area contributed by atoms with Gasteiger partial charge in [0, 0.05) is 18.4 Å². The van der Waals surface area contributed by atoms with Gasteiger partial charge >= 0.3 is 0 Å². The third-order valence-electron chi connectivity index (χ3n) is 6.70. The van der Waals surface area contributed by atoms with Gasteiger partial charge in [0.15, 0.2) is 0 Å². The van der Waals surface area contributed by atoms with Crippen LogP contribution in [-0.2, 0) is 17.8 Å². The monoisotopic (exact) mass is 383 g/mol. The predicted molar refractivity (Wildman–Crippen MR) is 106 cm³/mol. The largest absolute Gasteiger partial charge is 0.491 e. The van der Waals surface area contributed by atoms with Crippen LogP contribution in [0.15, 0.2) is 12.1 Å². The lowest BCUT2D eigenvalue weighted by molar-refractivity contribution is -0.122. The Labute approximate surface area is 165 Å². The van der Waals surface area contributed by atoms with Gasteiger partial charge in [-0.2, -0.15) is 0 Å². The SMILES string of the molecule is NC(=O)[C@@H](Cc1cc2c3c(c1)nc(C1CCCC(O)C1)n3CCCO2)C1CC1. The minimum absolute atomic E-state index is 0.0922. The number of rotatable bonds is 5. The summed E-state index contributed by atoms with van der Waals surface area (Å²) < 4.78 is 8.39. The Balaban J connectivity index is 1.54. The van der Waals surface area contributed by atoms with Crippen LogP contribution in [0.25, 0.3) is 11.0 Å². The first-order chi connectivity index (χ1) is 13.6. The molecule has 1 aliphatic heterocycles. The van der Waals surface area contributed by atoms with Crippen molar-refractivity contribution in [2.45, 2.75) is 69.9 Å². The highest BCUT2D eigenvalue weighted by atomic mass is 16.5. The fourth-order valence-corrected chi connectivity index (χ4v) is 5.12. The van der Waals surface area contributed by atoms with Crippen molar-refractivity contribution in [1.82, 2.24) is 9.55 Å². The molecule has 2 aromatic rings. The van der Waals surface area contributed by atoms with E-state index in [2.05, 4.69) is 16.7 Å². The Hall–Kier alpha value is -2.08. The number of carbonyl (C=O) groups is 1. The lowest BCUT2D eigenvalue weighted by atomic mass is 9.86. The normalized spacial score (nSPS) is 25.9. The first kappa shape index (κ1) is 18.0. The van der Waals surface area contributed by atoms with Crippen LogP contribution in [-0.4, -0.2) is 33.3 Å². The molecule has 0 bridgehead atoms. The topological polar surface area (TPSA) is 90.4 Å². The molecule has 1 aromatic carbocycles. The van der Waals surface area contributed by atoms with E-state index in [1.165, 1.54) is 0 Å². The Morgan fingerprint density at radius 2 is 2.14 bits per heavy atom. The molecule has 2 aliphatic carbocycles. The fraction of sp³-hybridized carbons (Fsp3) is 0.636. The molecule has 1 amide bonds. The zero-order chi connectivity index (χ0) is 19.3. The Morgan fingerprint density at radius 3 is 2.89 bits per heavy atom. The number of aryl methyl sites for hydroxylation is 1. The molecule has 2 fully saturated rings. The lowest BCUT2D eigenvalue weighted by Gasteiger charge is -2.25. The predicted octanol–water partition coefficient (Wildman–Crippen LogP) is 2.89. The Morgan fingerprint density at radius 1 is 1.29 bits per heavy atom. The number of benzene rings is 1. The molecule has 3 aliphatic rings. The van der Waals surface area contributed by atoms with Crippen LogP contribution in [0.2, 0.25) is 0 Å². The van der Waals surface area contributed by atoms with Gasteiger partial charge in [-0.1, -0.05) is 6.42 Å². The first-order valence-corrected chi connectivity index (χ1v) is 10.7. The summed E-state index contributed by atoms with van der Waals surface area (Å²) in [7, 11) is 0. The second-order valence-corrected chi connectivity index (χ2v) is 8.85. The van der Waals surface area contributed by atoms with Gasteiger partial charge in [-0.3, -0.25) is 4.79 Å². The number of carbonyl (C=O) groups excluding carboxylic acids is 1. The van der Waals surface area contributed by atoms with Gasteiger partial charge in [0.1, 0.15) is 17.1 Å². The van der Waals surface area contributed by atoms with E-state index in [-0.39, 0.29) is 17.9 Å². The first-order valence-electron chi connectivity index (χ1n) is 10.7. The van der Waals surface area contributed by atoms with Gasteiger partial charge in [-0.05, 0) is 68.6 Å². The number of ether oxygens (including phenoxy) is 1. The summed E-state index contributed by atoms with van der Waals surface area (Å²) in [5.74, 6) is 2.41. The molecule has 2 saturated carbocycles. The third-order valence-corrected chi connectivity index (χ3v) is 6.70. The average molecular weight is 383 g/mol. The number of imidazole rings is 1. The molecule has 28 heavy (non-hydrogen) atoms. The number of aliphatic hydroxyl groups excluding tert-OH is 1. The standard InChI is InChI=1S/C22H29N3O3/c23-21(27)17(14-5-6-14)9-13-10-18-20-19(11-13)28-8-2-7-25(20)22(24-18)15-3-1-4-16(26)12-15/h10-11,14-17,26H,1-9,12H2,(H2,23,27)/t15?,16?,17-/m0/s1. The van der Waals surface area contributed by atoms with E-state index < -0.39 is 0 Å². The zero-order valence-electron chi connectivity index (χ0n) is 16.3. The van der Waals surface area contributed by atoms with Crippen LogP contribution >= 0.6 is 0 Å². The zero-order valence-corrected chi connectivity index (χ0v) is 16.3. The van der Waals surface area contributed by atoms with E-state index in [0.29, 0.717) is 24.9 Å². The number of hydrogen-bond donors (Lipinski definition) is 2. The van der Waals surface area contributed by atoms with Crippen LogP contribution < -0.4 is 10.5 Å². The van der Waals surface area contributed by atoms with Crippen LogP contribution in [0.5, 0.6) is 5.75 Å². The summed E-state index contributed by atoms with van der Waals surface area (Å²) in [6, 6.07) is 4.20. The molecule has 3 N–H and O–H groups in total. The molecule has 3 atom stereocenters. The number of amides is 1. The Bertz CT molecular complexity index is 902. The number of nitrogens with two attached hydrogens (primary N) is 1. The number of hydrogen-bond acceptors (Lipinski definition) is 4. The average Bonchev–Trinajstić information content (AvgIpc) is 3.46. The van der Waals surface area contributed by atoms with Crippen molar-refractivity contribution in [3.05, 3.63) is 23.5 Å². The summed E-state index contributed by atoms with van der Waals surface area (Å²) in [6.07, 6.45) is 7.39. The molecule has 1 aromatic heterocycles. The molecule has 5 rings (SSSR count). The van der Waals surface area contributed by atoms with Crippen LogP contribution in [0, 0.1) is 11.8 Å². The summed E-state index contributed by atoms with van der Waals surface area (Å²) >= 11 is 0. The van der Waals surface area contributed by atoms with Gasteiger partial charge in [-0.15, -0.1) is 0 Å². The number of nitrogens with zero attached hydrogens (tertiary/aromatic N) is 2. The van der Waals surface area contributed by atoms with Crippen LogP contribution in [0.3, 0.4) is 0 Å². The molecule has 2 unspecified atom stereocenters. The highest BCUT2D eigenvalue weighted by Gasteiger charge is 2.35. The minimum atomic E-state index is -0.224. The van der Waals surface area contributed by atoms with Crippen LogP contribution in [0.4, 0.5) is 0 Å². The molecule has 0 saturated heterocycles. The summed E-state index contributed by atoms with van der Waals surface area (Å²) in [4.78, 5) is 16.9. The van der Waals surface area contributed by atoms with E-state index >= 15 is 0 Å². The van der Waals surface area contributed by atoms with E-state index in [1.54, 1.807) is 0 Å². The second kappa shape index (κ2) is 7.07. The van der Waals surface area contributed by atoms with E-state index in [4.69, 9.17) is 15.5 Å². The number of primary amides is 1. The summed E-state index contributed by atoms with van der Waals surface area (Å²) in [6.45, 7) is 1.59. The van der Waals surface area contributed by atoms with Gasteiger partial charge in [0.05, 0.1) is 18.2 Å². The highest BCUT2D eigenvalue weighted by Crippen LogP contribution is 2.41. The van der Waals surface area contributed by atoms with Crippen LogP contribution in [0.1, 0.15) is 62.3 Å². The smallest absolute Gasteiger partial charge is 0.221 e. The van der Waals surface area contributed by atoms with Crippen molar-refractivity contribution in [2.24, 2.45) is 17.6 Å². The number of aromatic nitrogens is 2. The second-order valence-electron chi connectivity index (χ2n) is 8.85. The molecule has 6 heteroatoms. The van der Waals surface area contributed by atoms with E-state index in [9.17, 15) is 9.90 Å². The quantitative estimate of drug-likeness (QED) is 0.831. The number of aliphatic hydroxyl groups is 1. The molecule has 150 valence electrons. The van der Waals surface area contributed by atoms with Crippen molar-refractivity contribution >= 4 is 16.9 Å². The molecule has 6 nitrogen and oxygen atoms in total. The van der Waals surface area contributed by atoms with Crippen molar-refractivity contribution in [3.8, 4) is 5.75 Å². The molecule has 2 heterocycles. The van der Waals surface area contributed by atoms with Crippen molar-refractivity contribution in [1.29, 1.82) is 0 Å². The highest BCUT2D eigenvalue weighted by molar-refractivity contribution is 5.84. The summed E-state index contributed by atoms with van der Waals surface area (Å²) in [5.41, 5.74) is 8.77. The van der Waals surface area contributed by atoms with Gasteiger partial charge < -0.3 is 20.1 Å². The fourth-order valence-electron chi connectivity index (χ4n) is 5.12. The minimum Gasteiger partial charge on any atom is -0.491 e. The van der Waals surface area contributed by atoms with Gasteiger partial charge in [0.2, 0.25) is 5.91 Å². The molecule has 0 spiro atoms.